The van der Waals surface area contributed by atoms with E-state index in [1.54, 1.807) is 13.2 Å². The number of aryl methyl sites for hydroxylation is 1. The van der Waals surface area contributed by atoms with Crippen molar-refractivity contribution in [1.82, 2.24) is 16.0 Å². The van der Waals surface area contributed by atoms with Crippen molar-refractivity contribution >= 4 is 59.0 Å². The van der Waals surface area contributed by atoms with E-state index < -0.39 is 0 Å². The fourth-order valence-corrected chi connectivity index (χ4v) is 2.55. The third kappa shape index (κ3) is 11.1. The molecule has 0 saturated carbocycles. The Morgan fingerprint density at radius 1 is 1.19 bits per heavy atom. The number of guanidine groups is 1. The summed E-state index contributed by atoms with van der Waals surface area (Å²) in [5.74, 6) is 0.480. The van der Waals surface area contributed by atoms with Crippen LogP contribution in [0.15, 0.2) is 23.2 Å². The Bertz CT molecular complexity index is 574. The van der Waals surface area contributed by atoms with Crippen LogP contribution in [0.3, 0.4) is 0 Å². The molecule has 0 aromatic heterocycles. The van der Waals surface area contributed by atoms with E-state index in [4.69, 9.17) is 27.9 Å². The van der Waals surface area contributed by atoms with Gasteiger partial charge in [0.05, 0.1) is 6.61 Å². The first-order valence-electron chi connectivity index (χ1n) is 8.28. The van der Waals surface area contributed by atoms with Gasteiger partial charge in [-0.25, -0.2) is 4.99 Å². The van der Waals surface area contributed by atoms with E-state index in [1.165, 1.54) is 0 Å². The molecule has 1 amide bonds. The molecular formula is C17H27Cl2IN4O2. The van der Waals surface area contributed by atoms with E-state index in [0.717, 1.165) is 31.5 Å². The van der Waals surface area contributed by atoms with E-state index >= 15 is 0 Å². The van der Waals surface area contributed by atoms with Crippen LogP contribution in [-0.4, -0.2) is 51.8 Å². The van der Waals surface area contributed by atoms with Crippen LogP contribution in [0.5, 0.6) is 0 Å². The summed E-state index contributed by atoms with van der Waals surface area (Å²) < 4.78 is 4.88. The minimum absolute atomic E-state index is 0. The molecule has 0 heterocycles. The largest absolute Gasteiger partial charge is 0.383 e. The highest BCUT2D eigenvalue weighted by Crippen LogP contribution is 2.21. The number of rotatable bonds is 10. The van der Waals surface area contributed by atoms with Crippen LogP contribution in [-0.2, 0) is 16.0 Å². The van der Waals surface area contributed by atoms with Gasteiger partial charge in [-0.3, -0.25) is 4.79 Å². The number of nitrogens with zero attached hydrogens (tertiary/aromatic N) is 1. The van der Waals surface area contributed by atoms with E-state index in [-0.39, 0.29) is 36.4 Å². The van der Waals surface area contributed by atoms with Crippen molar-refractivity contribution in [3.8, 4) is 0 Å². The van der Waals surface area contributed by atoms with Gasteiger partial charge < -0.3 is 20.7 Å². The first kappa shape index (κ1) is 25.2. The van der Waals surface area contributed by atoms with Crippen molar-refractivity contribution in [2.45, 2.75) is 19.8 Å². The summed E-state index contributed by atoms with van der Waals surface area (Å²) in [5, 5.41) is 10.4. The number of hydrogen-bond donors (Lipinski definition) is 3. The molecule has 0 fully saturated rings. The van der Waals surface area contributed by atoms with E-state index in [2.05, 4.69) is 20.9 Å². The lowest BCUT2D eigenvalue weighted by molar-refractivity contribution is -0.119. The van der Waals surface area contributed by atoms with Crippen molar-refractivity contribution in [2.75, 3.05) is 39.9 Å². The highest BCUT2D eigenvalue weighted by Gasteiger charge is 2.03. The first-order valence-corrected chi connectivity index (χ1v) is 9.04. The van der Waals surface area contributed by atoms with Gasteiger partial charge in [0, 0.05) is 36.8 Å². The normalized spacial score (nSPS) is 10.8. The average molecular weight is 517 g/mol. The van der Waals surface area contributed by atoms with Crippen LogP contribution < -0.4 is 16.0 Å². The molecule has 1 aromatic carbocycles. The summed E-state index contributed by atoms with van der Waals surface area (Å²) in [4.78, 5) is 15.9. The molecule has 0 bridgehead atoms. The van der Waals surface area contributed by atoms with Gasteiger partial charge in [-0.1, -0.05) is 29.3 Å². The Kier molecular flexibility index (Phi) is 14.9. The second-order valence-electron chi connectivity index (χ2n) is 5.30. The summed E-state index contributed by atoms with van der Waals surface area (Å²) in [6.45, 7) is 4.46. The van der Waals surface area contributed by atoms with Gasteiger partial charge in [0.2, 0.25) is 5.91 Å². The molecule has 3 N–H and O–H groups in total. The topological polar surface area (TPSA) is 74.8 Å². The molecule has 0 aliphatic carbocycles. The number of halogens is 3. The monoisotopic (exact) mass is 516 g/mol. The van der Waals surface area contributed by atoms with Crippen LogP contribution in [0.25, 0.3) is 0 Å². The maximum absolute atomic E-state index is 11.7. The maximum atomic E-state index is 11.7. The van der Waals surface area contributed by atoms with Gasteiger partial charge in [-0.2, -0.15) is 0 Å². The maximum Gasteiger partial charge on any atom is 0.241 e. The lowest BCUT2D eigenvalue weighted by Crippen LogP contribution is -2.39. The number of nitrogens with one attached hydrogen (secondary N) is 3. The van der Waals surface area contributed by atoms with Crippen molar-refractivity contribution < 1.29 is 9.53 Å². The molecule has 0 aliphatic heterocycles. The Morgan fingerprint density at radius 2 is 1.96 bits per heavy atom. The van der Waals surface area contributed by atoms with E-state index in [9.17, 15) is 4.79 Å². The summed E-state index contributed by atoms with van der Waals surface area (Å²) in [5.41, 5.74) is 1.06. The number of amides is 1. The van der Waals surface area contributed by atoms with Gasteiger partial charge in [0.25, 0.3) is 0 Å². The van der Waals surface area contributed by atoms with Crippen LogP contribution in [0.2, 0.25) is 10.0 Å². The zero-order chi connectivity index (χ0) is 18.5. The molecule has 0 aliphatic rings. The van der Waals surface area contributed by atoms with Gasteiger partial charge in [-0.05, 0) is 37.5 Å². The smallest absolute Gasteiger partial charge is 0.241 e. The van der Waals surface area contributed by atoms with Gasteiger partial charge in [-0.15, -0.1) is 24.0 Å². The molecule has 6 nitrogen and oxygen atoms in total. The predicted molar refractivity (Wildman–Crippen MR) is 119 cm³/mol. The molecule has 0 spiro atoms. The summed E-state index contributed by atoms with van der Waals surface area (Å²) in [6.07, 6.45) is 1.71. The number of methoxy groups -OCH3 is 1. The Labute approximate surface area is 182 Å². The van der Waals surface area contributed by atoms with Gasteiger partial charge in [0.15, 0.2) is 5.96 Å². The van der Waals surface area contributed by atoms with E-state index in [0.29, 0.717) is 29.2 Å². The number of aliphatic imine (C=N–C) groups is 1. The SMILES string of the molecule is CCNC(=NCC(=O)NCCOC)NCCCc1ccc(Cl)cc1Cl.I. The molecule has 1 aromatic rings. The van der Waals surface area contributed by atoms with Crippen LogP contribution in [0, 0.1) is 0 Å². The second-order valence-corrected chi connectivity index (χ2v) is 6.15. The number of ether oxygens (including phenoxy) is 1. The third-order valence-corrected chi connectivity index (χ3v) is 3.87. The standard InChI is InChI=1S/C17H26Cl2N4O2.HI/c1-3-20-17(23-12-16(24)21-9-10-25-2)22-8-4-5-13-6-7-14(18)11-15(13)19;/h6-7,11H,3-5,8-10,12H2,1-2H3,(H,21,24)(H2,20,22,23);1H. The van der Waals surface area contributed by atoms with Crippen LogP contribution in [0.4, 0.5) is 0 Å². The minimum atomic E-state index is -0.137. The van der Waals surface area contributed by atoms with Gasteiger partial charge >= 0.3 is 0 Å². The molecule has 1 rings (SSSR count). The van der Waals surface area contributed by atoms with Crippen LogP contribution >= 0.6 is 47.2 Å². The fraction of sp³-hybridized carbons (Fsp3) is 0.529. The Hall–Kier alpha value is -0.770. The number of carbonyl (C=O) groups excluding carboxylic acids is 1. The number of hydrogen-bond acceptors (Lipinski definition) is 3. The lowest BCUT2D eigenvalue weighted by Gasteiger charge is -2.11. The van der Waals surface area contributed by atoms with Gasteiger partial charge in [0.1, 0.15) is 6.54 Å². The highest BCUT2D eigenvalue weighted by atomic mass is 127. The number of carbonyl (C=O) groups is 1. The minimum Gasteiger partial charge on any atom is -0.383 e. The predicted octanol–water partition coefficient (Wildman–Crippen LogP) is 2.86. The summed E-state index contributed by atoms with van der Waals surface area (Å²) >= 11 is 12.1. The fourth-order valence-electron chi connectivity index (χ4n) is 2.05. The average Bonchev–Trinajstić information content (AvgIpc) is 2.58. The van der Waals surface area contributed by atoms with Crippen molar-refractivity contribution in [2.24, 2.45) is 4.99 Å². The van der Waals surface area contributed by atoms with Crippen LogP contribution in [0.1, 0.15) is 18.9 Å². The highest BCUT2D eigenvalue weighted by molar-refractivity contribution is 14.0. The quantitative estimate of drug-likeness (QED) is 0.193. The molecule has 0 atom stereocenters. The van der Waals surface area contributed by atoms with Crippen molar-refractivity contribution in [3.63, 3.8) is 0 Å². The molecule has 26 heavy (non-hydrogen) atoms. The molecule has 0 saturated heterocycles. The molecule has 148 valence electrons. The lowest BCUT2D eigenvalue weighted by atomic mass is 10.1. The Morgan fingerprint density at radius 3 is 2.62 bits per heavy atom. The Balaban J connectivity index is 0.00000625. The molecule has 0 radical (unpaired) electrons. The third-order valence-electron chi connectivity index (χ3n) is 3.28. The first-order chi connectivity index (χ1) is 12.1. The zero-order valence-corrected chi connectivity index (χ0v) is 19.0. The molecule has 0 unspecified atom stereocenters. The summed E-state index contributed by atoms with van der Waals surface area (Å²) in [6, 6.07) is 5.53. The zero-order valence-electron chi connectivity index (χ0n) is 15.1. The number of benzene rings is 1. The molecule has 9 heteroatoms. The summed E-state index contributed by atoms with van der Waals surface area (Å²) in [7, 11) is 1.59. The second kappa shape index (κ2) is 15.3. The van der Waals surface area contributed by atoms with Crippen molar-refractivity contribution in [1.29, 1.82) is 0 Å². The molecular weight excluding hydrogens is 490 g/mol. The van der Waals surface area contributed by atoms with E-state index in [1.807, 2.05) is 19.1 Å². The van der Waals surface area contributed by atoms with Crippen molar-refractivity contribution in [3.05, 3.63) is 33.8 Å².